The van der Waals surface area contributed by atoms with E-state index in [0.29, 0.717) is 28.1 Å². The Kier molecular flexibility index (Phi) is 7.58. The Labute approximate surface area is 230 Å². The van der Waals surface area contributed by atoms with Crippen molar-refractivity contribution in [1.82, 2.24) is 14.8 Å². The first-order chi connectivity index (χ1) is 18.1. The molecule has 1 amide bonds. The smallest absolute Gasteiger partial charge is 0.228 e. The van der Waals surface area contributed by atoms with Gasteiger partial charge in [0, 0.05) is 17.8 Å². The molecular formula is C30H36N4O4S. The van der Waals surface area contributed by atoms with Crippen LogP contribution < -0.4 is 10.1 Å². The number of rotatable bonds is 7. The van der Waals surface area contributed by atoms with Gasteiger partial charge < -0.3 is 10.1 Å². The van der Waals surface area contributed by atoms with E-state index >= 15 is 0 Å². The number of nitrogens with zero attached hydrogens (tertiary/aromatic N) is 3. The van der Waals surface area contributed by atoms with Gasteiger partial charge in [-0.3, -0.25) is 14.5 Å². The minimum absolute atomic E-state index is 0.0367. The predicted molar refractivity (Wildman–Crippen MR) is 154 cm³/mol. The Morgan fingerprint density at radius 2 is 1.74 bits per heavy atom. The molecule has 9 heteroatoms. The molecule has 2 aromatic heterocycles. The van der Waals surface area contributed by atoms with Crippen molar-refractivity contribution >= 4 is 32.3 Å². The summed E-state index contributed by atoms with van der Waals surface area (Å²) < 4.78 is 34.1. The Balaban J connectivity index is 1.52. The Hall–Kier alpha value is -3.72. The number of sulfone groups is 1. The van der Waals surface area contributed by atoms with Crippen LogP contribution in [0.3, 0.4) is 0 Å². The van der Waals surface area contributed by atoms with E-state index in [1.165, 1.54) is 0 Å². The highest BCUT2D eigenvalue weighted by Gasteiger charge is 2.24. The van der Waals surface area contributed by atoms with Gasteiger partial charge in [-0.15, -0.1) is 0 Å². The summed E-state index contributed by atoms with van der Waals surface area (Å²) in [5.41, 5.74) is 2.45. The molecular weight excluding hydrogens is 512 g/mol. The van der Waals surface area contributed by atoms with Crippen LogP contribution in [0.15, 0.2) is 66.0 Å². The van der Waals surface area contributed by atoms with Gasteiger partial charge in [0.05, 0.1) is 40.0 Å². The fourth-order valence-electron chi connectivity index (χ4n) is 4.24. The fourth-order valence-corrected chi connectivity index (χ4v) is 6.11. The van der Waals surface area contributed by atoms with E-state index in [-0.39, 0.29) is 33.9 Å². The minimum Gasteiger partial charge on any atom is -0.456 e. The number of aromatic nitrogens is 3. The second-order valence-corrected chi connectivity index (χ2v) is 14.1. The van der Waals surface area contributed by atoms with Crippen molar-refractivity contribution < 1.29 is 17.9 Å². The van der Waals surface area contributed by atoms with E-state index in [1.54, 1.807) is 36.7 Å². The molecule has 0 spiro atoms. The normalized spacial score (nSPS) is 12.5. The number of carbonyl (C=O) groups excluding carboxylic acids is 1. The Morgan fingerprint density at radius 1 is 1.00 bits per heavy atom. The number of amides is 1. The molecule has 0 aliphatic heterocycles. The molecule has 0 radical (unpaired) electrons. The van der Waals surface area contributed by atoms with Crippen molar-refractivity contribution in [2.75, 3.05) is 11.1 Å². The van der Waals surface area contributed by atoms with Crippen LogP contribution >= 0.6 is 0 Å². The summed E-state index contributed by atoms with van der Waals surface area (Å²) in [6.45, 7) is 13.7. The van der Waals surface area contributed by atoms with Crippen molar-refractivity contribution in [3.63, 3.8) is 0 Å². The average molecular weight is 549 g/mol. The summed E-state index contributed by atoms with van der Waals surface area (Å²) >= 11 is 0. The number of anilines is 1. The number of benzene rings is 2. The molecule has 4 aromatic rings. The van der Waals surface area contributed by atoms with Gasteiger partial charge in [0.25, 0.3) is 0 Å². The van der Waals surface area contributed by atoms with Gasteiger partial charge in [0.15, 0.2) is 9.84 Å². The second-order valence-electron chi connectivity index (χ2n) is 12.1. The average Bonchev–Trinajstić information content (AvgIpc) is 3.28. The van der Waals surface area contributed by atoms with Gasteiger partial charge in [0.2, 0.25) is 5.91 Å². The summed E-state index contributed by atoms with van der Waals surface area (Å²) in [4.78, 5) is 17.3. The van der Waals surface area contributed by atoms with Crippen LogP contribution in [0.25, 0.3) is 10.9 Å². The van der Waals surface area contributed by atoms with Gasteiger partial charge in [-0.2, -0.15) is 5.10 Å². The number of nitrogens with one attached hydrogen (secondary N) is 1. The first kappa shape index (κ1) is 28.3. The van der Waals surface area contributed by atoms with Crippen LogP contribution in [-0.4, -0.2) is 34.8 Å². The Morgan fingerprint density at radius 3 is 2.38 bits per heavy atom. The van der Waals surface area contributed by atoms with Gasteiger partial charge in [0.1, 0.15) is 11.5 Å². The third-order valence-electron chi connectivity index (χ3n) is 6.03. The largest absolute Gasteiger partial charge is 0.456 e. The molecule has 0 unspecified atom stereocenters. The number of carbonyl (C=O) groups is 1. The molecule has 1 N–H and O–H groups in total. The summed E-state index contributed by atoms with van der Waals surface area (Å²) in [6, 6.07) is 12.2. The molecule has 0 fully saturated rings. The maximum atomic E-state index is 13.0. The zero-order valence-corrected chi connectivity index (χ0v) is 24.4. The molecule has 2 heterocycles. The second kappa shape index (κ2) is 10.4. The van der Waals surface area contributed by atoms with Crippen LogP contribution in [0.2, 0.25) is 0 Å². The molecule has 39 heavy (non-hydrogen) atoms. The molecule has 0 aliphatic carbocycles. The fraction of sp³-hybridized carbons (Fsp3) is 0.367. The highest BCUT2D eigenvalue weighted by atomic mass is 32.2. The van der Waals surface area contributed by atoms with E-state index in [0.717, 1.165) is 11.1 Å². The first-order valence-corrected chi connectivity index (χ1v) is 14.5. The zero-order valence-electron chi connectivity index (χ0n) is 23.6. The van der Waals surface area contributed by atoms with Gasteiger partial charge in [-0.05, 0) is 74.6 Å². The number of aryl methyl sites for hydroxylation is 1. The van der Waals surface area contributed by atoms with Crippen LogP contribution in [0.1, 0.15) is 52.7 Å². The number of hydrogen-bond donors (Lipinski definition) is 1. The lowest BCUT2D eigenvalue weighted by atomic mass is 10.0. The SMILES string of the molecule is Cc1cc(CC(=O)Nc2cnn(C(C)(C)C)c2)ccc1Oc1ccnc2ccc(S(=O)(=O)CC(C)(C)C)cc12. The molecule has 0 saturated carbocycles. The van der Waals surface area contributed by atoms with Gasteiger partial charge in [-0.25, -0.2) is 8.42 Å². The van der Waals surface area contributed by atoms with Crippen molar-refractivity contribution in [2.24, 2.45) is 5.41 Å². The van der Waals surface area contributed by atoms with E-state index < -0.39 is 9.84 Å². The molecule has 2 aromatic carbocycles. The third-order valence-corrected chi connectivity index (χ3v) is 8.25. The molecule has 206 valence electrons. The van der Waals surface area contributed by atoms with Crippen LogP contribution in [0, 0.1) is 12.3 Å². The number of hydrogen-bond acceptors (Lipinski definition) is 6. The topological polar surface area (TPSA) is 103 Å². The standard InChI is InChI=1S/C30H36N4O4S/c1-20-14-21(15-28(35)33-22-17-32-34(18-22)30(5,6)7)8-11-26(20)38-27-12-13-31-25-10-9-23(16-24(25)27)39(36,37)19-29(2,3)4/h8-14,16-18H,15,19H2,1-7H3,(H,33,35). The van der Waals surface area contributed by atoms with Crippen LogP contribution in [-0.2, 0) is 26.6 Å². The lowest BCUT2D eigenvalue weighted by Crippen LogP contribution is -2.22. The maximum Gasteiger partial charge on any atom is 0.228 e. The van der Waals surface area contributed by atoms with E-state index in [2.05, 4.69) is 15.4 Å². The quantitative estimate of drug-likeness (QED) is 0.291. The zero-order chi connectivity index (χ0) is 28.6. The molecule has 4 rings (SSSR count). The number of pyridine rings is 1. The number of fused-ring (bicyclic) bond motifs is 1. The van der Waals surface area contributed by atoms with Crippen molar-refractivity contribution in [2.45, 2.75) is 65.3 Å². The molecule has 0 atom stereocenters. The maximum absolute atomic E-state index is 13.0. The predicted octanol–water partition coefficient (Wildman–Crippen LogP) is 6.29. The highest BCUT2D eigenvalue weighted by molar-refractivity contribution is 7.91. The first-order valence-electron chi connectivity index (χ1n) is 12.8. The van der Waals surface area contributed by atoms with E-state index in [9.17, 15) is 13.2 Å². The summed E-state index contributed by atoms with van der Waals surface area (Å²) in [7, 11) is -3.48. The van der Waals surface area contributed by atoms with Gasteiger partial charge >= 0.3 is 0 Å². The molecule has 0 saturated heterocycles. The molecule has 0 bridgehead atoms. The summed E-state index contributed by atoms with van der Waals surface area (Å²) in [6.07, 6.45) is 5.30. The van der Waals surface area contributed by atoms with Crippen molar-refractivity contribution in [3.05, 3.63) is 72.2 Å². The van der Waals surface area contributed by atoms with E-state index in [1.807, 2.05) is 77.5 Å². The third kappa shape index (κ3) is 7.03. The lowest BCUT2D eigenvalue weighted by Gasteiger charge is -2.18. The van der Waals surface area contributed by atoms with Crippen LogP contribution in [0.5, 0.6) is 11.5 Å². The monoisotopic (exact) mass is 548 g/mol. The highest BCUT2D eigenvalue weighted by Crippen LogP contribution is 2.33. The summed E-state index contributed by atoms with van der Waals surface area (Å²) in [5.74, 6) is 1.02. The van der Waals surface area contributed by atoms with Gasteiger partial charge in [-0.1, -0.05) is 32.9 Å². The summed E-state index contributed by atoms with van der Waals surface area (Å²) in [5, 5.41) is 7.83. The molecule has 8 nitrogen and oxygen atoms in total. The lowest BCUT2D eigenvalue weighted by molar-refractivity contribution is -0.115. The minimum atomic E-state index is -3.48. The Bertz CT molecular complexity index is 1630. The van der Waals surface area contributed by atoms with Crippen molar-refractivity contribution in [1.29, 1.82) is 0 Å². The van der Waals surface area contributed by atoms with E-state index in [4.69, 9.17) is 4.74 Å². The van der Waals surface area contributed by atoms with Crippen molar-refractivity contribution in [3.8, 4) is 11.5 Å². The van der Waals surface area contributed by atoms with Crippen LogP contribution in [0.4, 0.5) is 5.69 Å². The number of ether oxygens (including phenoxy) is 1. The molecule has 0 aliphatic rings.